The maximum atomic E-state index is 13.7. The van der Waals surface area contributed by atoms with Gasteiger partial charge in [-0.3, -0.25) is 9.58 Å². The highest BCUT2D eigenvalue weighted by molar-refractivity contribution is 9.10. The summed E-state index contributed by atoms with van der Waals surface area (Å²) in [5.41, 5.74) is 2.88. The third-order valence-electron chi connectivity index (χ3n) is 3.32. The molecular formula is C15H19BrFN3. The number of benzene rings is 1. The van der Waals surface area contributed by atoms with E-state index >= 15 is 0 Å². The molecule has 2 rings (SSSR count). The molecule has 1 aromatic carbocycles. The first-order valence-corrected chi connectivity index (χ1v) is 7.44. The molecule has 108 valence electrons. The summed E-state index contributed by atoms with van der Waals surface area (Å²) >= 11 is 3.61. The molecule has 1 heterocycles. The Bertz CT molecular complexity index is 595. The van der Waals surface area contributed by atoms with Gasteiger partial charge < -0.3 is 0 Å². The molecule has 0 fully saturated rings. The maximum Gasteiger partial charge on any atom is 0.127 e. The third kappa shape index (κ3) is 3.27. The highest BCUT2D eigenvalue weighted by Gasteiger charge is 2.15. The molecule has 2 aromatic rings. The van der Waals surface area contributed by atoms with Crippen LogP contribution in [0.3, 0.4) is 0 Å². The number of nitrogens with zero attached hydrogens (tertiary/aromatic N) is 3. The summed E-state index contributed by atoms with van der Waals surface area (Å²) < 4.78 is 16.6. The zero-order chi connectivity index (χ0) is 14.7. The lowest BCUT2D eigenvalue weighted by Gasteiger charge is -2.17. The Morgan fingerprint density at radius 3 is 2.60 bits per heavy atom. The molecule has 3 nitrogen and oxygen atoms in total. The van der Waals surface area contributed by atoms with E-state index in [0.717, 1.165) is 28.8 Å². The summed E-state index contributed by atoms with van der Waals surface area (Å²) in [7, 11) is 3.92. The summed E-state index contributed by atoms with van der Waals surface area (Å²) in [6, 6.07) is 6.89. The molecule has 0 saturated carbocycles. The van der Waals surface area contributed by atoms with Gasteiger partial charge in [0.2, 0.25) is 0 Å². The standard InChI is InChI=1S/C15H19BrFN3/c1-4-13-15(16)14(20(3)18-13)10-19(2)9-11-7-5-6-8-12(11)17/h5-8H,4,9-10H2,1-3H3. The van der Waals surface area contributed by atoms with Gasteiger partial charge in [0.05, 0.1) is 15.9 Å². The first kappa shape index (κ1) is 15.2. The molecule has 0 unspecified atom stereocenters. The van der Waals surface area contributed by atoms with Crippen molar-refractivity contribution in [2.75, 3.05) is 7.05 Å². The summed E-state index contributed by atoms with van der Waals surface area (Å²) in [4.78, 5) is 2.08. The number of hydrogen-bond acceptors (Lipinski definition) is 2. The Balaban J connectivity index is 2.11. The Hall–Kier alpha value is -1.20. The van der Waals surface area contributed by atoms with Crippen molar-refractivity contribution in [2.45, 2.75) is 26.4 Å². The number of rotatable bonds is 5. The molecule has 0 aliphatic rings. The van der Waals surface area contributed by atoms with Gasteiger partial charge in [0, 0.05) is 25.7 Å². The van der Waals surface area contributed by atoms with Gasteiger partial charge in [-0.1, -0.05) is 25.1 Å². The summed E-state index contributed by atoms with van der Waals surface area (Å²) in [6.45, 7) is 3.38. The van der Waals surface area contributed by atoms with Gasteiger partial charge in [-0.2, -0.15) is 5.10 Å². The predicted molar refractivity (Wildman–Crippen MR) is 81.9 cm³/mol. The minimum atomic E-state index is -0.155. The van der Waals surface area contributed by atoms with Gasteiger partial charge in [-0.15, -0.1) is 0 Å². The minimum absolute atomic E-state index is 0.155. The van der Waals surface area contributed by atoms with Crippen molar-refractivity contribution >= 4 is 15.9 Å². The number of aryl methyl sites for hydroxylation is 2. The normalized spacial score (nSPS) is 11.3. The van der Waals surface area contributed by atoms with Crippen LogP contribution in [0.25, 0.3) is 0 Å². The number of hydrogen-bond donors (Lipinski definition) is 0. The van der Waals surface area contributed by atoms with E-state index < -0.39 is 0 Å². The molecule has 20 heavy (non-hydrogen) atoms. The summed E-state index contributed by atoms with van der Waals surface area (Å²) in [5, 5.41) is 4.48. The average Bonchev–Trinajstić information content (AvgIpc) is 2.69. The molecule has 0 N–H and O–H groups in total. The first-order chi connectivity index (χ1) is 9.52. The van der Waals surface area contributed by atoms with E-state index in [-0.39, 0.29) is 5.82 Å². The first-order valence-electron chi connectivity index (χ1n) is 6.65. The van der Waals surface area contributed by atoms with Crippen LogP contribution in [0, 0.1) is 5.82 Å². The molecule has 0 radical (unpaired) electrons. The van der Waals surface area contributed by atoms with Gasteiger partial charge >= 0.3 is 0 Å². The fourth-order valence-corrected chi connectivity index (χ4v) is 2.96. The van der Waals surface area contributed by atoms with Gasteiger partial charge in [0.1, 0.15) is 5.82 Å². The van der Waals surface area contributed by atoms with Crippen molar-refractivity contribution in [2.24, 2.45) is 7.05 Å². The molecular weight excluding hydrogens is 321 g/mol. The second-order valence-electron chi connectivity index (χ2n) is 4.95. The largest absolute Gasteiger partial charge is 0.296 e. The van der Waals surface area contributed by atoms with Gasteiger partial charge in [0.25, 0.3) is 0 Å². The molecule has 0 spiro atoms. The number of aromatic nitrogens is 2. The molecule has 0 atom stereocenters. The second kappa shape index (κ2) is 6.50. The van der Waals surface area contributed by atoms with Crippen molar-refractivity contribution in [1.82, 2.24) is 14.7 Å². The van der Waals surface area contributed by atoms with Gasteiger partial charge in [0.15, 0.2) is 0 Å². The van der Waals surface area contributed by atoms with E-state index in [0.29, 0.717) is 12.1 Å². The van der Waals surface area contributed by atoms with Gasteiger partial charge in [-0.05, 0) is 35.5 Å². The van der Waals surface area contributed by atoms with E-state index in [2.05, 4.69) is 32.9 Å². The molecule has 0 aliphatic heterocycles. The topological polar surface area (TPSA) is 21.1 Å². The van der Waals surface area contributed by atoms with Crippen LogP contribution in [-0.2, 0) is 26.6 Å². The molecule has 1 aromatic heterocycles. The van der Waals surface area contributed by atoms with Crippen LogP contribution >= 0.6 is 15.9 Å². The highest BCUT2D eigenvalue weighted by atomic mass is 79.9. The van der Waals surface area contributed by atoms with Crippen LogP contribution < -0.4 is 0 Å². The van der Waals surface area contributed by atoms with Crippen molar-refractivity contribution in [1.29, 1.82) is 0 Å². The van der Waals surface area contributed by atoms with Crippen molar-refractivity contribution in [3.05, 3.63) is 51.5 Å². The van der Waals surface area contributed by atoms with E-state index in [9.17, 15) is 4.39 Å². The lowest BCUT2D eigenvalue weighted by atomic mass is 10.2. The minimum Gasteiger partial charge on any atom is -0.296 e. The molecule has 5 heteroatoms. The van der Waals surface area contributed by atoms with Crippen LogP contribution in [0.2, 0.25) is 0 Å². The van der Waals surface area contributed by atoms with E-state index in [1.807, 2.05) is 30.9 Å². The predicted octanol–water partition coefficient (Wildman–Crippen LogP) is 3.52. The zero-order valence-corrected chi connectivity index (χ0v) is 13.6. The van der Waals surface area contributed by atoms with Crippen molar-refractivity contribution in [3.8, 4) is 0 Å². The Morgan fingerprint density at radius 2 is 2.00 bits per heavy atom. The smallest absolute Gasteiger partial charge is 0.127 e. The highest BCUT2D eigenvalue weighted by Crippen LogP contribution is 2.23. The molecule has 0 amide bonds. The monoisotopic (exact) mass is 339 g/mol. The van der Waals surface area contributed by atoms with E-state index in [1.165, 1.54) is 6.07 Å². The molecule has 0 saturated heterocycles. The van der Waals surface area contributed by atoms with Crippen LogP contribution in [-0.4, -0.2) is 21.7 Å². The SMILES string of the molecule is CCc1nn(C)c(CN(C)Cc2ccccc2F)c1Br. The second-order valence-corrected chi connectivity index (χ2v) is 5.74. The zero-order valence-electron chi connectivity index (χ0n) is 12.0. The quantitative estimate of drug-likeness (QED) is 0.831. The lowest BCUT2D eigenvalue weighted by molar-refractivity contribution is 0.304. The fraction of sp³-hybridized carbons (Fsp3) is 0.400. The Labute approximate surface area is 127 Å². The van der Waals surface area contributed by atoms with E-state index in [4.69, 9.17) is 0 Å². The van der Waals surface area contributed by atoms with Crippen LogP contribution in [0.15, 0.2) is 28.7 Å². The Morgan fingerprint density at radius 1 is 1.30 bits per heavy atom. The molecule has 0 aliphatic carbocycles. The lowest BCUT2D eigenvalue weighted by Crippen LogP contribution is -2.20. The third-order valence-corrected chi connectivity index (χ3v) is 4.24. The van der Waals surface area contributed by atoms with Crippen LogP contribution in [0.5, 0.6) is 0 Å². The van der Waals surface area contributed by atoms with Crippen molar-refractivity contribution < 1.29 is 4.39 Å². The van der Waals surface area contributed by atoms with Gasteiger partial charge in [-0.25, -0.2) is 4.39 Å². The summed E-state index contributed by atoms with van der Waals surface area (Å²) in [5.74, 6) is -0.155. The van der Waals surface area contributed by atoms with E-state index in [1.54, 1.807) is 6.07 Å². The van der Waals surface area contributed by atoms with Crippen LogP contribution in [0.1, 0.15) is 23.9 Å². The van der Waals surface area contributed by atoms with Crippen LogP contribution in [0.4, 0.5) is 4.39 Å². The Kier molecular flexibility index (Phi) is 4.94. The number of halogens is 2. The summed E-state index contributed by atoms with van der Waals surface area (Å²) in [6.07, 6.45) is 0.894. The van der Waals surface area contributed by atoms with Crippen molar-refractivity contribution in [3.63, 3.8) is 0 Å². The average molecular weight is 340 g/mol. The molecule has 0 bridgehead atoms. The fourth-order valence-electron chi connectivity index (χ4n) is 2.22. The maximum absolute atomic E-state index is 13.7.